The highest BCUT2D eigenvalue weighted by Gasteiger charge is 2.17. The van der Waals surface area contributed by atoms with Gasteiger partial charge in [0.15, 0.2) is 0 Å². The summed E-state index contributed by atoms with van der Waals surface area (Å²) >= 11 is 0. The van der Waals surface area contributed by atoms with Crippen LogP contribution in [0.25, 0.3) is 0 Å². The molecule has 0 unspecified atom stereocenters. The van der Waals surface area contributed by atoms with Crippen molar-refractivity contribution in [3.05, 3.63) is 18.7 Å². The molecule has 2 heterocycles. The summed E-state index contributed by atoms with van der Waals surface area (Å²) in [6.45, 7) is 9.55. The summed E-state index contributed by atoms with van der Waals surface area (Å²) in [5.41, 5.74) is 5.16. The standard InChI is InChI=1S/C12H22N3.C6H13NO2/c1-2-3-7-14-8-9-15(11-14)10-12-5-4-6-13-12;1-4(2)3-5(7)6(8)9/h8-9,11-13H,2-7,10H2,1H3;4-5H,3,7H2,1-2H3,(H,8,9)/q+1;/p-1/t12-;5-/m00/s1. The number of carbonyl (C=O) groups is 1. The SMILES string of the molecule is CC(C)C[C@H](N)C(=O)[O-].CCCCn1cc[n+](C[C@@H]2CCCN2)c1. The van der Waals surface area contributed by atoms with Crippen LogP contribution in [0.15, 0.2) is 18.7 Å². The van der Waals surface area contributed by atoms with E-state index in [0.29, 0.717) is 18.4 Å². The molecule has 1 aromatic heterocycles. The molecule has 6 heteroatoms. The summed E-state index contributed by atoms with van der Waals surface area (Å²) in [6, 6.07) is -0.109. The van der Waals surface area contributed by atoms with E-state index in [2.05, 4.69) is 40.1 Å². The molecule has 0 spiro atoms. The third-order valence-electron chi connectivity index (χ3n) is 4.14. The number of carboxylic acids is 1. The van der Waals surface area contributed by atoms with Crippen molar-refractivity contribution >= 4 is 5.97 Å². The van der Waals surface area contributed by atoms with Crippen LogP contribution < -0.4 is 20.7 Å². The number of hydrogen-bond acceptors (Lipinski definition) is 4. The Labute approximate surface area is 146 Å². The first kappa shape index (κ1) is 20.6. The largest absolute Gasteiger partial charge is 0.548 e. The Morgan fingerprint density at radius 2 is 2.25 bits per heavy atom. The number of imidazole rings is 1. The number of nitrogens with one attached hydrogen (secondary N) is 1. The van der Waals surface area contributed by atoms with Crippen molar-refractivity contribution in [2.24, 2.45) is 11.7 Å². The zero-order valence-electron chi connectivity index (χ0n) is 15.4. The third kappa shape index (κ3) is 8.45. The van der Waals surface area contributed by atoms with Crippen molar-refractivity contribution in [3.8, 4) is 0 Å². The lowest BCUT2D eigenvalue weighted by molar-refractivity contribution is -0.698. The molecule has 0 radical (unpaired) electrons. The Kier molecular flexibility index (Phi) is 9.64. The molecule has 3 N–H and O–H groups in total. The Bertz CT molecular complexity index is 467. The average molecular weight is 338 g/mol. The molecule has 0 saturated carbocycles. The van der Waals surface area contributed by atoms with Gasteiger partial charge in [-0.05, 0) is 38.1 Å². The second kappa shape index (κ2) is 11.2. The molecule has 2 atom stereocenters. The van der Waals surface area contributed by atoms with E-state index < -0.39 is 12.0 Å². The van der Waals surface area contributed by atoms with Crippen LogP contribution in [0.5, 0.6) is 0 Å². The van der Waals surface area contributed by atoms with Gasteiger partial charge >= 0.3 is 0 Å². The van der Waals surface area contributed by atoms with Crippen LogP contribution >= 0.6 is 0 Å². The molecule has 0 amide bonds. The van der Waals surface area contributed by atoms with Gasteiger partial charge in [0, 0.05) is 12.1 Å². The Morgan fingerprint density at radius 3 is 2.75 bits per heavy atom. The number of aromatic nitrogens is 2. The molecule has 1 aliphatic rings. The van der Waals surface area contributed by atoms with Gasteiger partial charge in [-0.2, -0.15) is 0 Å². The first-order chi connectivity index (χ1) is 11.4. The van der Waals surface area contributed by atoms with Crippen LogP contribution in [0.3, 0.4) is 0 Å². The molecule has 1 saturated heterocycles. The number of rotatable bonds is 8. The molecule has 24 heavy (non-hydrogen) atoms. The molecule has 0 bridgehead atoms. The summed E-state index contributed by atoms with van der Waals surface area (Å²) in [5, 5.41) is 13.5. The van der Waals surface area contributed by atoms with Gasteiger partial charge < -0.3 is 21.0 Å². The minimum Gasteiger partial charge on any atom is -0.548 e. The highest BCUT2D eigenvalue weighted by atomic mass is 16.4. The number of nitrogens with two attached hydrogens (primary N) is 1. The first-order valence-corrected chi connectivity index (χ1v) is 9.17. The van der Waals surface area contributed by atoms with Gasteiger partial charge in [-0.25, -0.2) is 9.13 Å². The van der Waals surface area contributed by atoms with Gasteiger partial charge in [-0.1, -0.05) is 27.2 Å². The minimum atomic E-state index is -1.16. The topological polar surface area (TPSA) is 87.0 Å². The van der Waals surface area contributed by atoms with Gasteiger partial charge in [0.2, 0.25) is 6.33 Å². The molecule has 138 valence electrons. The average Bonchev–Trinajstić information content (AvgIpc) is 3.17. The van der Waals surface area contributed by atoms with Gasteiger partial charge in [-0.3, -0.25) is 0 Å². The summed E-state index contributed by atoms with van der Waals surface area (Å²) in [7, 11) is 0. The van der Waals surface area contributed by atoms with Gasteiger partial charge in [-0.15, -0.1) is 0 Å². The smallest absolute Gasteiger partial charge is 0.243 e. The van der Waals surface area contributed by atoms with Gasteiger partial charge in [0.1, 0.15) is 18.9 Å². The fraction of sp³-hybridized carbons (Fsp3) is 0.778. The molecule has 2 rings (SSSR count). The fourth-order valence-corrected chi connectivity index (χ4v) is 2.79. The third-order valence-corrected chi connectivity index (χ3v) is 4.14. The molecular formula is C18H34N4O2. The van der Waals surface area contributed by atoms with Crippen molar-refractivity contribution in [1.82, 2.24) is 9.88 Å². The molecule has 1 fully saturated rings. The number of aryl methyl sites for hydroxylation is 1. The maximum absolute atomic E-state index is 10.00. The second-order valence-corrected chi connectivity index (χ2v) is 7.05. The lowest BCUT2D eigenvalue weighted by Crippen LogP contribution is -2.42. The lowest BCUT2D eigenvalue weighted by atomic mass is 10.1. The summed E-state index contributed by atoms with van der Waals surface area (Å²) in [6.07, 6.45) is 12.3. The zero-order chi connectivity index (χ0) is 17.9. The van der Waals surface area contributed by atoms with Crippen molar-refractivity contribution < 1.29 is 14.5 Å². The zero-order valence-corrected chi connectivity index (χ0v) is 15.4. The Balaban J connectivity index is 0.000000277. The molecule has 1 aromatic rings. The van der Waals surface area contributed by atoms with Crippen molar-refractivity contribution in [1.29, 1.82) is 0 Å². The van der Waals surface area contributed by atoms with E-state index in [0.717, 1.165) is 13.1 Å². The maximum atomic E-state index is 10.00. The van der Waals surface area contributed by atoms with Crippen LogP contribution in [0.4, 0.5) is 0 Å². The van der Waals surface area contributed by atoms with Crippen molar-refractivity contribution in [3.63, 3.8) is 0 Å². The number of carboxylic acid groups (broad SMARTS) is 1. The Morgan fingerprint density at radius 1 is 1.50 bits per heavy atom. The molecule has 0 aromatic carbocycles. The van der Waals surface area contributed by atoms with E-state index in [1.807, 2.05) is 13.8 Å². The van der Waals surface area contributed by atoms with E-state index in [9.17, 15) is 9.90 Å². The molecular weight excluding hydrogens is 304 g/mol. The van der Waals surface area contributed by atoms with Crippen LogP contribution in [-0.4, -0.2) is 29.2 Å². The first-order valence-electron chi connectivity index (χ1n) is 9.17. The normalized spacial score (nSPS) is 18.3. The van der Waals surface area contributed by atoms with Crippen molar-refractivity contribution in [2.45, 2.75) is 78.0 Å². The molecule has 1 aliphatic heterocycles. The van der Waals surface area contributed by atoms with E-state index in [4.69, 9.17) is 5.73 Å². The minimum absolute atomic E-state index is 0.317. The number of unbranched alkanes of at least 4 members (excludes halogenated alkanes) is 1. The summed E-state index contributed by atoms with van der Waals surface area (Å²) < 4.78 is 4.59. The van der Waals surface area contributed by atoms with Crippen LogP contribution in [0.2, 0.25) is 0 Å². The van der Waals surface area contributed by atoms with Crippen LogP contribution in [0, 0.1) is 5.92 Å². The van der Waals surface area contributed by atoms with E-state index in [1.165, 1.54) is 32.2 Å². The Hall–Kier alpha value is -1.40. The molecule has 6 nitrogen and oxygen atoms in total. The number of carbonyl (C=O) groups excluding carboxylic acids is 1. The van der Waals surface area contributed by atoms with Gasteiger partial charge in [0.25, 0.3) is 0 Å². The fourth-order valence-electron chi connectivity index (χ4n) is 2.79. The predicted octanol–water partition coefficient (Wildman–Crippen LogP) is 0.437. The van der Waals surface area contributed by atoms with Crippen LogP contribution in [0.1, 0.15) is 52.9 Å². The number of aliphatic carboxylic acids is 1. The van der Waals surface area contributed by atoms with Gasteiger partial charge in [0.05, 0.1) is 12.5 Å². The number of hydrogen-bond donors (Lipinski definition) is 2. The predicted molar refractivity (Wildman–Crippen MR) is 93.0 cm³/mol. The summed E-state index contributed by atoms with van der Waals surface area (Å²) in [5.74, 6) is -0.846. The van der Waals surface area contributed by atoms with E-state index in [-0.39, 0.29) is 0 Å². The second-order valence-electron chi connectivity index (χ2n) is 7.05. The quantitative estimate of drug-likeness (QED) is 0.673. The van der Waals surface area contributed by atoms with E-state index in [1.54, 1.807) is 0 Å². The maximum Gasteiger partial charge on any atom is 0.243 e. The summed E-state index contributed by atoms with van der Waals surface area (Å²) in [4.78, 5) is 10.00. The number of nitrogens with zero attached hydrogens (tertiary/aromatic N) is 2. The van der Waals surface area contributed by atoms with Crippen molar-refractivity contribution in [2.75, 3.05) is 6.54 Å². The highest BCUT2D eigenvalue weighted by molar-refractivity contribution is 5.70. The van der Waals surface area contributed by atoms with E-state index >= 15 is 0 Å². The lowest BCUT2D eigenvalue weighted by Gasteiger charge is -2.13. The molecule has 0 aliphatic carbocycles. The van der Waals surface area contributed by atoms with Crippen LogP contribution in [-0.2, 0) is 17.9 Å². The highest BCUT2D eigenvalue weighted by Crippen LogP contribution is 2.04. The monoisotopic (exact) mass is 338 g/mol.